The number of ether oxygens (including phenoxy) is 1. The van der Waals surface area contributed by atoms with Crippen molar-refractivity contribution in [3.05, 3.63) is 35.6 Å². The van der Waals surface area contributed by atoms with Crippen LogP contribution in [0.4, 0.5) is 4.39 Å². The van der Waals surface area contributed by atoms with E-state index in [9.17, 15) is 14.0 Å². The van der Waals surface area contributed by atoms with Crippen LogP contribution in [0.3, 0.4) is 0 Å². The molecule has 2 saturated heterocycles. The number of halogens is 1. The van der Waals surface area contributed by atoms with Crippen LogP contribution in [0.25, 0.3) is 0 Å². The van der Waals surface area contributed by atoms with Crippen LogP contribution in [0.5, 0.6) is 0 Å². The van der Waals surface area contributed by atoms with Crippen LogP contribution in [0.1, 0.15) is 37.3 Å². The van der Waals surface area contributed by atoms with Crippen molar-refractivity contribution in [2.75, 3.05) is 20.2 Å². The third-order valence-corrected chi connectivity index (χ3v) is 4.92. The molecule has 1 N–H and O–H groups in total. The van der Waals surface area contributed by atoms with E-state index in [2.05, 4.69) is 5.32 Å². The number of hydrogen-bond donors (Lipinski definition) is 1. The Morgan fingerprint density at radius 1 is 1.42 bits per heavy atom. The van der Waals surface area contributed by atoms with E-state index < -0.39 is 6.04 Å². The van der Waals surface area contributed by atoms with Crippen molar-refractivity contribution in [3.63, 3.8) is 0 Å². The predicted molar refractivity (Wildman–Crippen MR) is 86.6 cm³/mol. The second kappa shape index (κ2) is 7.30. The molecule has 0 unspecified atom stereocenters. The van der Waals surface area contributed by atoms with Crippen molar-refractivity contribution < 1.29 is 18.7 Å². The van der Waals surface area contributed by atoms with E-state index in [0.717, 1.165) is 19.4 Å². The average Bonchev–Trinajstić information content (AvgIpc) is 3.08. The van der Waals surface area contributed by atoms with Gasteiger partial charge in [0, 0.05) is 26.6 Å². The fraction of sp³-hybridized carbons (Fsp3) is 0.556. The maximum atomic E-state index is 13.6. The summed E-state index contributed by atoms with van der Waals surface area (Å²) >= 11 is 0. The van der Waals surface area contributed by atoms with Gasteiger partial charge >= 0.3 is 0 Å². The molecule has 130 valence electrons. The molecule has 2 aliphatic rings. The van der Waals surface area contributed by atoms with E-state index >= 15 is 0 Å². The Morgan fingerprint density at radius 2 is 2.25 bits per heavy atom. The molecule has 3 atom stereocenters. The van der Waals surface area contributed by atoms with Gasteiger partial charge in [-0.1, -0.05) is 12.1 Å². The van der Waals surface area contributed by atoms with E-state index in [1.54, 1.807) is 24.1 Å². The quantitative estimate of drug-likeness (QED) is 0.917. The molecule has 0 radical (unpaired) electrons. The van der Waals surface area contributed by atoms with Crippen LogP contribution in [0.15, 0.2) is 24.3 Å². The smallest absolute Gasteiger partial charge is 0.225 e. The van der Waals surface area contributed by atoms with Crippen LogP contribution < -0.4 is 5.32 Å². The summed E-state index contributed by atoms with van der Waals surface area (Å²) in [6.07, 6.45) is 2.86. The first-order chi connectivity index (χ1) is 11.6. The van der Waals surface area contributed by atoms with Gasteiger partial charge in [-0.05, 0) is 37.0 Å². The zero-order valence-electron chi connectivity index (χ0n) is 13.8. The molecule has 5 nitrogen and oxygen atoms in total. The minimum Gasteiger partial charge on any atom is -0.376 e. The normalized spacial score (nSPS) is 27.3. The van der Waals surface area contributed by atoms with Crippen LogP contribution in [0, 0.1) is 11.7 Å². The number of rotatable bonds is 4. The highest BCUT2D eigenvalue weighted by Gasteiger charge is 2.39. The van der Waals surface area contributed by atoms with Crippen molar-refractivity contribution in [2.45, 2.75) is 37.8 Å². The zero-order chi connectivity index (χ0) is 17.1. The second-order valence-electron chi connectivity index (χ2n) is 6.53. The van der Waals surface area contributed by atoms with Gasteiger partial charge in [0.2, 0.25) is 11.8 Å². The van der Waals surface area contributed by atoms with E-state index in [-0.39, 0.29) is 29.7 Å². The molecule has 0 aromatic heterocycles. The second-order valence-corrected chi connectivity index (χ2v) is 6.53. The Kier molecular flexibility index (Phi) is 5.14. The van der Waals surface area contributed by atoms with Gasteiger partial charge in [0.05, 0.1) is 18.1 Å². The summed E-state index contributed by atoms with van der Waals surface area (Å²) in [5, 5.41) is 2.95. The van der Waals surface area contributed by atoms with Crippen molar-refractivity contribution in [1.29, 1.82) is 0 Å². The van der Waals surface area contributed by atoms with Gasteiger partial charge in [0.1, 0.15) is 5.82 Å². The molecule has 3 rings (SSSR count). The Labute approximate surface area is 141 Å². The number of hydrogen-bond acceptors (Lipinski definition) is 3. The standard InChI is InChI=1S/C18H23FN2O3/c1-21-16(22)8-7-15(17(21)12-4-2-5-13(19)10-12)18(23)20-11-14-6-3-9-24-14/h2,4-5,10,14-15,17H,3,6-9,11H2,1H3,(H,20,23)/t14-,15-,17-/m0/s1. The number of carbonyl (C=O) groups is 2. The fourth-order valence-electron chi connectivity index (χ4n) is 3.61. The molecule has 0 spiro atoms. The first kappa shape index (κ1) is 16.9. The minimum absolute atomic E-state index is 0.0209. The highest BCUT2D eigenvalue weighted by molar-refractivity contribution is 5.84. The largest absolute Gasteiger partial charge is 0.376 e. The van der Waals surface area contributed by atoms with Gasteiger partial charge in [-0.25, -0.2) is 4.39 Å². The highest BCUT2D eigenvalue weighted by Crippen LogP contribution is 2.36. The van der Waals surface area contributed by atoms with Crippen molar-refractivity contribution in [1.82, 2.24) is 10.2 Å². The Balaban J connectivity index is 1.75. The summed E-state index contributed by atoms with van der Waals surface area (Å²) in [6, 6.07) is 5.70. The van der Waals surface area contributed by atoms with Crippen LogP contribution >= 0.6 is 0 Å². The average molecular weight is 334 g/mol. The lowest BCUT2D eigenvalue weighted by Crippen LogP contribution is -2.47. The molecule has 0 aliphatic carbocycles. The first-order valence-electron chi connectivity index (χ1n) is 8.46. The monoisotopic (exact) mass is 334 g/mol. The van der Waals surface area contributed by atoms with Crippen LogP contribution in [-0.2, 0) is 14.3 Å². The SMILES string of the molecule is CN1C(=O)CC[C@H](C(=O)NC[C@@H]2CCCO2)[C@@H]1c1cccc(F)c1. The maximum Gasteiger partial charge on any atom is 0.225 e. The van der Waals surface area contributed by atoms with E-state index in [1.165, 1.54) is 12.1 Å². The summed E-state index contributed by atoms with van der Waals surface area (Å²) in [4.78, 5) is 26.3. The molecule has 2 heterocycles. The molecule has 0 saturated carbocycles. The molecule has 2 aliphatic heterocycles. The molecular formula is C18H23FN2O3. The van der Waals surface area contributed by atoms with E-state index in [0.29, 0.717) is 24.9 Å². The van der Waals surface area contributed by atoms with E-state index in [4.69, 9.17) is 4.74 Å². The number of carbonyl (C=O) groups excluding carboxylic acids is 2. The number of likely N-dealkylation sites (tertiary alicyclic amines) is 1. The zero-order valence-corrected chi connectivity index (χ0v) is 13.8. The van der Waals surface area contributed by atoms with Crippen molar-refractivity contribution >= 4 is 11.8 Å². The molecule has 24 heavy (non-hydrogen) atoms. The van der Waals surface area contributed by atoms with Gasteiger partial charge in [-0.3, -0.25) is 9.59 Å². The van der Waals surface area contributed by atoms with Crippen molar-refractivity contribution in [2.24, 2.45) is 5.92 Å². The van der Waals surface area contributed by atoms with Gasteiger partial charge < -0.3 is 15.0 Å². The molecular weight excluding hydrogens is 311 g/mol. The van der Waals surface area contributed by atoms with E-state index in [1.807, 2.05) is 0 Å². The summed E-state index contributed by atoms with van der Waals surface area (Å²) in [5.74, 6) is -0.861. The maximum absolute atomic E-state index is 13.6. The Bertz CT molecular complexity index is 616. The summed E-state index contributed by atoms with van der Waals surface area (Å²) in [7, 11) is 1.68. The highest BCUT2D eigenvalue weighted by atomic mass is 19.1. The van der Waals surface area contributed by atoms with Crippen LogP contribution in [0.2, 0.25) is 0 Å². The van der Waals surface area contributed by atoms with Gasteiger partial charge in [-0.2, -0.15) is 0 Å². The summed E-state index contributed by atoms with van der Waals surface area (Å²) < 4.78 is 19.1. The summed E-state index contributed by atoms with van der Waals surface area (Å²) in [6.45, 7) is 1.23. The lowest BCUT2D eigenvalue weighted by atomic mass is 9.84. The Morgan fingerprint density at radius 3 is 2.96 bits per heavy atom. The predicted octanol–water partition coefficient (Wildman–Crippen LogP) is 2.03. The molecule has 2 fully saturated rings. The van der Waals surface area contributed by atoms with Crippen LogP contribution in [-0.4, -0.2) is 43.0 Å². The molecule has 1 aromatic carbocycles. The van der Waals surface area contributed by atoms with Gasteiger partial charge in [0.25, 0.3) is 0 Å². The Hall–Kier alpha value is -1.95. The molecule has 6 heteroatoms. The minimum atomic E-state index is -0.438. The van der Waals surface area contributed by atoms with Gasteiger partial charge in [0.15, 0.2) is 0 Å². The number of benzene rings is 1. The third kappa shape index (κ3) is 3.59. The third-order valence-electron chi connectivity index (χ3n) is 4.92. The number of nitrogens with zero attached hydrogens (tertiary/aromatic N) is 1. The first-order valence-corrected chi connectivity index (χ1v) is 8.46. The molecule has 2 amide bonds. The molecule has 1 aromatic rings. The number of piperidine rings is 1. The fourth-order valence-corrected chi connectivity index (χ4v) is 3.61. The number of amides is 2. The lowest BCUT2D eigenvalue weighted by molar-refractivity contribution is -0.141. The lowest BCUT2D eigenvalue weighted by Gasteiger charge is -2.38. The number of nitrogens with one attached hydrogen (secondary N) is 1. The van der Waals surface area contributed by atoms with Gasteiger partial charge in [-0.15, -0.1) is 0 Å². The van der Waals surface area contributed by atoms with Crippen molar-refractivity contribution in [3.8, 4) is 0 Å². The topological polar surface area (TPSA) is 58.6 Å². The molecule has 0 bridgehead atoms. The summed E-state index contributed by atoms with van der Waals surface area (Å²) in [5.41, 5.74) is 0.655.